The average molecular weight is 253 g/mol. The van der Waals surface area contributed by atoms with Gasteiger partial charge in [-0.15, -0.1) is 0 Å². The molecule has 0 aliphatic heterocycles. The minimum atomic E-state index is -4.78. The summed E-state index contributed by atoms with van der Waals surface area (Å²) in [6.45, 7) is 0.887. The van der Waals surface area contributed by atoms with Gasteiger partial charge in [0.05, 0.1) is 11.3 Å². The molecule has 1 aromatic rings. The van der Waals surface area contributed by atoms with Crippen LogP contribution in [-0.2, 0) is 6.18 Å². The maximum absolute atomic E-state index is 12.5. The van der Waals surface area contributed by atoms with Crippen molar-refractivity contribution in [2.24, 2.45) is 0 Å². The Labute approximate surface area is 93.2 Å². The Bertz CT molecular complexity index is 453. The number of hydrogen-bond donors (Lipinski definition) is 1. The number of alkyl halides is 5. The Kier molecular flexibility index (Phi) is 3.40. The van der Waals surface area contributed by atoms with Gasteiger partial charge in [-0.2, -0.15) is 13.2 Å². The number of nitrogen functional groups attached to an aromatic ring is 1. The Morgan fingerprint density at radius 2 is 1.82 bits per heavy atom. The number of rotatable bonds is 2. The summed E-state index contributed by atoms with van der Waals surface area (Å²) in [5.74, 6) is -0.927. The van der Waals surface area contributed by atoms with Gasteiger partial charge in [0.25, 0.3) is 6.43 Å². The van der Waals surface area contributed by atoms with Crippen LogP contribution >= 0.6 is 0 Å². The number of carbonyl (C=O) groups excluding carboxylic acids is 1. The lowest BCUT2D eigenvalue weighted by Gasteiger charge is -2.15. The van der Waals surface area contributed by atoms with E-state index in [0.717, 1.165) is 6.92 Å². The molecule has 0 bridgehead atoms. The highest BCUT2D eigenvalue weighted by Gasteiger charge is 2.35. The predicted molar refractivity (Wildman–Crippen MR) is 50.8 cm³/mol. The molecule has 0 aliphatic carbocycles. The maximum atomic E-state index is 12.5. The fourth-order valence-corrected chi connectivity index (χ4v) is 1.46. The number of Topliss-reactive ketones (excluding diaryl/α,β-unsaturated/α-hetero) is 1. The zero-order valence-corrected chi connectivity index (χ0v) is 8.61. The quantitative estimate of drug-likeness (QED) is 0.498. The number of halogens is 5. The molecule has 0 radical (unpaired) electrons. The third-order valence-electron chi connectivity index (χ3n) is 2.17. The molecule has 0 atom stereocenters. The largest absolute Gasteiger partial charge is 0.418 e. The number of benzene rings is 1. The predicted octanol–water partition coefficient (Wildman–Crippen LogP) is 3.43. The van der Waals surface area contributed by atoms with Gasteiger partial charge >= 0.3 is 6.18 Å². The summed E-state index contributed by atoms with van der Waals surface area (Å²) in [6, 6.07) is 1.02. The van der Waals surface area contributed by atoms with Crippen molar-refractivity contribution in [1.29, 1.82) is 0 Å². The fourth-order valence-electron chi connectivity index (χ4n) is 1.46. The standard InChI is InChI=1S/C10H8F5NO/c1-4(17)7-5(9(11)12)2-3-6(8(7)16)10(13,14)15/h2-3,9H,16H2,1H3. The topological polar surface area (TPSA) is 43.1 Å². The third kappa shape index (κ3) is 2.54. The summed E-state index contributed by atoms with van der Waals surface area (Å²) in [5, 5.41) is 0. The molecule has 0 amide bonds. The van der Waals surface area contributed by atoms with Gasteiger partial charge in [0.1, 0.15) is 0 Å². The molecular weight excluding hydrogens is 245 g/mol. The summed E-state index contributed by atoms with van der Waals surface area (Å²) >= 11 is 0. The molecule has 0 unspecified atom stereocenters. The summed E-state index contributed by atoms with van der Waals surface area (Å²) in [5.41, 5.74) is 1.34. The summed E-state index contributed by atoms with van der Waals surface area (Å²) < 4.78 is 62.4. The van der Waals surface area contributed by atoms with Crippen LogP contribution in [-0.4, -0.2) is 5.78 Å². The van der Waals surface area contributed by atoms with Crippen LogP contribution in [0.2, 0.25) is 0 Å². The van der Waals surface area contributed by atoms with Crippen LogP contribution in [0, 0.1) is 0 Å². The molecule has 0 heterocycles. The highest BCUT2D eigenvalue weighted by Crippen LogP contribution is 2.38. The SMILES string of the molecule is CC(=O)c1c(C(F)F)ccc(C(F)(F)F)c1N. The first-order chi connectivity index (χ1) is 7.66. The lowest BCUT2D eigenvalue weighted by Crippen LogP contribution is -2.14. The van der Waals surface area contributed by atoms with Crippen LogP contribution in [0.1, 0.15) is 34.8 Å². The van der Waals surface area contributed by atoms with Gasteiger partial charge in [-0.1, -0.05) is 6.07 Å². The van der Waals surface area contributed by atoms with Gasteiger partial charge in [-0.25, -0.2) is 8.78 Å². The monoisotopic (exact) mass is 253 g/mol. The van der Waals surface area contributed by atoms with Gasteiger partial charge in [-0.05, 0) is 13.0 Å². The molecule has 0 saturated heterocycles. The Balaban J connectivity index is 3.56. The highest BCUT2D eigenvalue weighted by molar-refractivity contribution is 6.01. The molecule has 1 aromatic carbocycles. The first-order valence-corrected chi connectivity index (χ1v) is 4.45. The minimum Gasteiger partial charge on any atom is -0.398 e. The molecule has 0 spiro atoms. The first kappa shape index (κ1) is 13.4. The second kappa shape index (κ2) is 4.31. The van der Waals surface area contributed by atoms with E-state index < -0.39 is 40.8 Å². The summed E-state index contributed by atoms with van der Waals surface area (Å²) in [7, 11) is 0. The van der Waals surface area contributed by atoms with Crippen LogP contribution in [0.3, 0.4) is 0 Å². The van der Waals surface area contributed by atoms with Crippen molar-refractivity contribution in [1.82, 2.24) is 0 Å². The Morgan fingerprint density at radius 1 is 1.29 bits per heavy atom. The molecule has 0 aliphatic rings. The number of hydrogen-bond acceptors (Lipinski definition) is 2. The Morgan fingerprint density at radius 3 is 2.18 bits per heavy atom. The fraction of sp³-hybridized carbons (Fsp3) is 0.300. The van der Waals surface area contributed by atoms with E-state index in [2.05, 4.69) is 0 Å². The zero-order valence-electron chi connectivity index (χ0n) is 8.61. The number of ketones is 1. The van der Waals surface area contributed by atoms with Gasteiger partial charge in [-0.3, -0.25) is 4.79 Å². The van der Waals surface area contributed by atoms with E-state index in [9.17, 15) is 26.7 Å². The molecule has 1 rings (SSSR count). The van der Waals surface area contributed by atoms with Crippen LogP contribution in [0.5, 0.6) is 0 Å². The first-order valence-electron chi connectivity index (χ1n) is 4.45. The molecule has 0 saturated carbocycles. The molecular formula is C10H8F5NO. The number of carbonyl (C=O) groups is 1. The van der Waals surface area contributed by atoms with E-state index in [1.165, 1.54) is 0 Å². The second-order valence-corrected chi connectivity index (χ2v) is 3.35. The van der Waals surface area contributed by atoms with E-state index in [-0.39, 0.29) is 0 Å². The van der Waals surface area contributed by atoms with Gasteiger partial charge in [0, 0.05) is 11.1 Å². The summed E-state index contributed by atoms with van der Waals surface area (Å²) in [4.78, 5) is 11.1. The smallest absolute Gasteiger partial charge is 0.398 e. The third-order valence-corrected chi connectivity index (χ3v) is 2.17. The normalized spacial score (nSPS) is 11.9. The van der Waals surface area contributed by atoms with Gasteiger partial charge in [0.2, 0.25) is 0 Å². The molecule has 0 aromatic heterocycles. The van der Waals surface area contributed by atoms with E-state index in [1.54, 1.807) is 0 Å². The number of anilines is 1. The maximum Gasteiger partial charge on any atom is 0.418 e. The van der Waals surface area contributed by atoms with Crippen LogP contribution in [0.15, 0.2) is 12.1 Å². The van der Waals surface area contributed by atoms with Crippen molar-refractivity contribution in [2.75, 3.05) is 5.73 Å². The van der Waals surface area contributed by atoms with Crippen LogP contribution in [0.4, 0.5) is 27.6 Å². The number of nitrogens with two attached hydrogens (primary N) is 1. The van der Waals surface area contributed by atoms with E-state index in [4.69, 9.17) is 5.73 Å². The molecule has 17 heavy (non-hydrogen) atoms. The molecule has 94 valence electrons. The summed E-state index contributed by atoms with van der Waals surface area (Å²) in [6.07, 6.45) is -7.84. The van der Waals surface area contributed by atoms with Crippen LogP contribution < -0.4 is 5.73 Å². The highest BCUT2D eigenvalue weighted by atomic mass is 19.4. The van der Waals surface area contributed by atoms with Crippen molar-refractivity contribution in [2.45, 2.75) is 19.5 Å². The van der Waals surface area contributed by atoms with Crippen molar-refractivity contribution in [3.63, 3.8) is 0 Å². The van der Waals surface area contributed by atoms with Crippen molar-refractivity contribution >= 4 is 11.5 Å². The average Bonchev–Trinajstić information content (AvgIpc) is 2.13. The minimum absolute atomic E-state index is 0.448. The zero-order chi connectivity index (χ0) is 13.4. The molecule has 0 fully saturated rings. The van der Waals surface area contributed by atoms with E-state index in [0.29, 0.717) is 12.1 Å². The lowest BCUT2D eigenvalue weighted by molar-refractivity contribution is -0.136. The van der Waals surface area contributed by atoms with Gasteiger partial charge in [0.15, 0.2) is 5.78 Å². The van der Waals surface area contributed by atoms with Crippen molar-refractivity contribution in [3.8, 4) is 0 Å². The van der Waals surface area contributed by atoms with Crippen molar-refractivity contribution < 1.29 is 26.7 Å². The van der Waals surface area contributed by atoms with Crippen LogP contribution in [0.25, 0.3) is 0 Å². The van der Waals surface area contributed by atoms with E-state index in [1.807, 2.05) is 0 Å². The lowest BCUT2D eigenvalue weighted by atomic mass is 9.98. The molecule has 2 N–H and O–H groups in total. The second-order valence-electron chi connectivity index (χ2n) is 3.35. The van der Waals surface area contributed by atoms with Crippen molar-refractivity contribution in [3.05, 3.63) is 28.8 Å². The molecule has 2 nitrogen and oxygen atoms in total. The molecule has 7 heteroatoms. The Hall–Kier alpha value is -1.66. The van der Waals surface area contributed by atoms with E-state index >= 15 is 0 Å². The van der Waals surface area contributed by atoms with Gasteiger partial charge < -0.3 is 5.73 Å².